The second-order valence-corrected chi connectivity index (χ2v) is 13.6. The zero-order valence-corrected chi connectivity index (χ0v) is 30.3. The van der Waals surface area contributed by atoms with Crippen molar-refractivity contribution >= 4 is 0 Å². The Bertz CT molecular complexity index is 2320. The smallest absolute Gasteiger partial charge is 0.271 e. The number of imidazole rings is 1. The highest BCUT2D eigenvalue weighted by atomic mass is 16.5. The minimum atomic E-state index is -1.28. The van der Waals surface area contributed by atoms with E-state index in [1.165, 1.54) is 0 Å². The molecular formula is C45H40N8O. The first-order chi connectivity index (χ1) is 26.5. The fourth-order valence-corrected chi connectivity index (χ4v) is 7.77. The maximum atomic E-state index is 12.7. The summed E-state index contributed by atoms with van der Waals surface area (Å²) in [5.41, 5.74) is 6.58. The van der Waals surface area contributed by atoms with Crippen molar-refractivity contribution in [3.05, 3.63) is 202 Å². The van der Waals surface area contributed by atoms with Crippen molar-refractivity contribution in [3.63, 3.8) is 0 Å². The molecule has 0 aliphatic carbocycles. The summed E-state index contributed by atoms with van der Waals surface area (Å²) in [6, 6.07) is 51.9. The second kappa shape index (κ2) is 14.8. The average molecular weight is 709 g/mol. The third-order valence-corrected chi connectivity index (χ3v) is 10.3. The molecule has 266 valence electrons. The van der Waals surface area contributed by atoms with E-state index in [-0.39, 0.29) is 0 Å². The van der Waals surface area contributed by atoms with Crippen molar-refractivity contribution in [1.29, 1.82) is 0 Å². The van der Waals surface area contributed by atoms with Gasteiger partial charge in [0.05, 0.1) is 5.41 Å². The summed E-state index contributed by atoms with van der Waals surface area (Å²) in [5, 5.41) is 35.3. The quantitative estimate of drug-likeness (QED) is 0.0716. The molecule has 0 unspecified atom stereocenters. The standard InChI is InChI=1S/C45H40N8O/c1-3-4-24-43-46-41(42-30-25-33(2)47-53(42)54)32-52(43)31-34-26-28-35(29-27-34)39-22-14-15-23-40(39)45(48-50-51-49-45)44(36-16-8-5-9-17-36,37-18-10-6-11-19-37)38-20-12-7-13-21-38/h5-23,25-30,32H,3-4,24,31H2,1-2H3. The van der Waals surface area contributed by atoms with Gasteiger partial charge in [-0.05, 0) is 68.1 Å². The highest BCUT2D eigenvalue weighted by Crippen LogP contribution is 2.58. The summed E-state index contributed by atoms with van der Waals surface area (Å²) < 4.78 is 2.15. The number of unbranched alkanes of at least 4 members (excludes halogenated alkanes) is 1. The van der Waals surface area contributed by atoms with Gasteiger partial charge in [0, 0.05) is 35.9 Å². The lowest BCUT2D eigenvalue weighted by atomic mass is 9.59. The Morgan fingerprint density at radius 1 is 0.685 bits per heavy atom. The second-order valence-electron chi connectivity index (χ2n) is 13.6. The molecule has 3 heterocycles. The first-order valence-electron chi connectivity index (χ1n) is 18.4. The van der Waals surface area contributed by atoms with E-state index in [4.69, 9.17) is 15.2 Å². The van der Waals surface area contributed by atoms with Gasteiger partial charge in [-0.3, -0.25) is 0 Å². The Morgan fingerprint density at radius 2 is 1.26 bits per heavy atom. The Labute approximate surface area is 315 Å². The van der Waals surface area contributed by atoms with Crippen LogP contribution in [0.3, 0.4) is 0 Å². The van der Waals surface area contributed by atoms with Gasteiger partial charge in [0.15, 0.2) is 5.69 Å². The highest BCUT2D eigenvalue weighted by molar-refractivity contribution is 5.72. The van der Waals surface area contributed by atoms with E-state index in [9.17, 15) is 5.21 Å². The maximum Gasteiger partial charge on any atom is 0.271 e. The SMILES string of the molecule is CCCCc1nc(-c2ccc(C)n[n+]2[O-])cn1Cc1ccc(-c2ccccc2C2(C(c3ccccc3)(c3ccccc3)c3ccccc3)N=NN=N2)cc1. The largest absolute Gasteiger partial charge is 0.594 e. The fourth-order valence-electron chi connectivity index (χ4n) is 7.77. The van der Waals surface area contributed by atoms with Crippen molar-refractivity contribution in [2.45, 2.75) is 50.7 Å². The molecule has 0 fully saturated rings. The average Bonchev–Trinajstić information content (AvgIpc) is 3.87. The molecule has 0 saturated carbocycles. The molecule has 2 aromatic heterocycles. The molecule has 5 aromatic carbocycles. The fraction of sp³-hybridized carbons (Fsp3) is 0.178. The Morgan fingerprint density at radius 3 is 1.83 bits per heavy atom. The van der Waals surface area contributed by atoms with E-state index in [1.807, 2.05) is 42.6 Å². The highest BCUT2D eigenvalue weighted by Gasteiger charge is 2.60. The van der Waals surface area contributed by atoms with E-state index in [0.717, 1.165) is 64.0 Å². The van der Waals surface area contributed by atoms with Gasteiger partial charge in [-0.25, -0.2) is 4.98 Å². The van der Waals surface area contributed by atoms with Crippen molar-refractivity contribution in [2.75, 3.05) is 0 Å². The monoisotopic (exact) mass is 708 g/mol. The van der Waals surface area contributed by atoms with Gasteiger partial charge in [0.1, 0.15) is 11.5 Å². The number of rotatable bonds is 12. The van der Waals surface area contributed by atoms with E-state index < -0.39 is 11.1 Å². The summed E-state index contributed by atoms with van der Waals surface area (Å²) in [4.78, 5) is 5.56. The normalized spacial score (nSPS) is 13.4. The molecule has 1 aliphatic rings. The zero-order valence-electron chi connectivity index (χ0n) is 30.3. The van der Waals surface area contributed by atoms with Crippen LogP contribution in [0.2, 0.25) is 0 Å². The molecule has 0 atom stereocenters. The molecule has 9 heteroatoms. The van der Waals surface area contributed by atoms with Gasteiger partial charge in [-0.1, -0.05) is 153 Å². The summed E-state index contributed by atoms with van der Waals surface area (Å²) >= 11 is 0. The molecular weight excluding hydrogens is 669 g/mol. The Hall–Kier alpha value is -6.61. The minimum absolute atomic E-state index is 0.441. The molecule has 0 amide bonds. The van der Waals surface area contributed by atoms with Crippen LogP contribution in [0, 0.1) is 12.1 Å². The van der Waals surface area contributed by atoms with Crippen molar-refractivity contribution in [1.82, 2.24) is 14.6 Å². The molecule has 0 spiro atoms. The van der Waals surface area contributed by atoms with E-state index >= 15 is 0 Å². The van der Waals surface area contributed by atoms with Crippen molar-refractivity contribution in [2.24, 2.45) is 20.7 Å². The van der Waals surface area contributed by atoms with Crippen LogP contribution in [0.4, 0.5) is 0 Å². The van der Waals surface area contributed by atoms with Crippen LogP contribution >= 0.6 is 0 Å². The van der Waals surface area contributed by atoms with Gasteiger partial charge in [0.25, 0.3) is 5.69 Å². The van der Waals surface area contributed by atoms with Gasteiger partial charge in [-0.15, -0.1) is 10.2 Å². The van der Waals surface area contributed by atoms with Crippen LogP contribution in [0.15, 0.2) is 179 Å². The van der Waals surface area contributed by atoms with Gasteiger partial charge >= 0.3 is 0 Å². The van der Waals surface area contributed by atoms with Gasteiger partial charge in [0.2, 0.25) is 5.66 Å². The zero-order chi connectivity index (χ0) is 37.0. The van der Waals surface area contributed by atoms with Crippen LogP contribution in [0.1, 0.15) is 59.1 Å². The van der Waals surface area contributed by atoms with Crippen LogP contribution < -0.4 is 4.85 Å². The number of aromatic nitrogens is 4. The molecule has 8 rings (SSSR count). The summed E-state index contributed by atoms with van der Waals surface area (Å²) in [5.74, 6) is 0.944. The topological polar surface area (TPSA) is 107 Å². The van der Waals surface area contributed by atoms with Gasteiger partial charge < -0.3 is 9.77 Å². The lowest BCUT2D eigenvalue weighted by Gasteiger charge is -2.45. The predicted molar refractivity (Wildman–Crippen MR) is 209 cm³/mol. The number of benzene rings is 5. The lowest BCUT2D eigenvalue weighted by molar-refractivity contribution is -0.658. The third-order valence-electron chi connectivity index (χ3n) is 10.3. The van der Waals surface area contributed by atoms with Crippen LogP contribution in [-0.4, -0.2) is 14.6 Å². The summed E-state index contributed by atoms with van der Waals surface area (Å²) in [6.45, 7) is 4.58. The number of hydrogen-bond donors (Lipinski definition) is 0. The first-order valence-corrected chi connectivity index (χ1v) is 18.4. The molecule has 0 N–H and O–H groups in total. The molecule has 54 heavy (non-hydrogen) atoms. The molecule has 9 nitrogen and oxygen atoms in total. The molecule has 7 aromatic rings. The Balaban J connectivity index is 1.23. The van der Waals surface area contributed by atoms with Crippen LogP contribution in [0.5, 0.6) is 0 Å². The minimum Gasteiger partial charge on any atom is -0.594 e. The van der Waals surface area contributed by atoms with Crippen molar-refractivity contribution in [3.8, 4) is 22.5 Å². The molecule has 1 aliphatic heterocycles. The number of nitrogens with zero attached hydrogens (tertiary/aromatic N) is 8. The van der Waals surface area contributed by atoms with Crippen LogP contribution in [0.25, 0.3) is 22.5 Å². The Kier molecular flexibility index (Phi) is 9.44. The summed E-state index contributed by atoms with van der Waals surface area (Å²) in [7, 11) is 0. The predicted octanol–water partition coefficient (Wildman–Crippen LogP) is 9.97. The van der Waals surface area contributed by atoms with Crippen molar-refractivity contribution < 1.29 is 4.85 Å². The molecule has 0 saturated heterocycles. The third kappa shape index (κ3) is 6.07. The van der Waals surface area contributed by atoms with E-state index in [2.05, 4.69) is 136 Å². The van der Waals surface area contributed by atoms with E-state index in [1.54, 1.807) is 13.0 Å². The van der Waals surface area contributed by atoms with Gasteiger partial charge in [-0.2, -0.15) is 0 Å². The molecule has 0 bridgehead atoms. The maximum absolute atomic E-state index is 12.7. The number of aryl methyl sites for hydroxylation is 2. The first kappa shape index (κ1) is 34.5. The molecule has 0 radical (unpaired) electrons. The summed E-state index contributed by atoms with van der Waals surface area (Å²) in [6.07, 6.45) is 4.83. The van der Waals surface area contributed by atoms with E-state index in [0.29, 0.717) is 28.5 Å². The van der Waals surface area contributed by atoms with Crippen LogP contribution in [-0.2, 0) is 24.0 Å². The number of hydrogen-bond acceptors (Lipinski definition) is 7. The lowest BCUT2D eigenvalue weighted by Crippen LogP contribution is -2.48.